The lowest BCUT2D eigenvalue weighted by Gasteiger charge is -2.37. The van der Waals surface area contributed by atoms with Gasteiger partial charge in [-0.25, -0.2) is 9.59 Å². The Labute approximate surface area is 197 Å². The van der Waals surface area contributed by atoms with Gasteiger partial charge >= 0.3 is 11.8 Å². The molecule has 10 heteroatoms. The van der Waals surface area contributed by atoms with Crippen molar-refractivity contribution in [3.63, 3.8) is 0 Å². The molecule has 0 bridgehead atoms. The van der Waals surface area contributed by atoms with Crippen molar-refractivity contribution in [2.45, 2.75) is 77.2 Å². The standard InChI is InChI=1S/C24H32N4O6/c1-5-27-18-12-14(15-10-11-26(13-19(15)29)23(33)34-24(2,3)4)6-7-16(18)28(22(27)32)17-8-9-20(30)25-21(17)31/h6-7,12,15,17,19,29H,5,8-11,13H2,1-4H3,(H,25,30,31)/t15-,17?,19+/m0/s1. The number of hydrogen-bond acceptors (Lipinski definition) is 6. The highest BCUT2D eigenvalue weighted by Crippen LogP contribution is 2.32. The van der Waals surface area contributed by atoms with Crippen molar-refractivity contribution in [3.8, 4) is 0 Å². The van der Waals surface area contributed by atoms with Crippen LogP contribution in [0.3, 0.4) is 0 Å². The Morgan fingerprint density at radius 1 is 1.18 bits per heavy atom. The molecular weight excluding hydrogens is 440 g/mol. The number of aliphatic hydroxyl groups is 1. The number of ether oxygens (including phenoxy) is 1. The number of piperidine rings is 2. The molecule has 34 heavy (non-hydrogen) atoms. The van der Waals surface area contributed by atoms with Crippen molar-refractivity contribution in [3.05, 3.63) is 34.2 Å². The fraction of sp³-hybridized carbons (Fsp3) is 0.583. The van der Waals surface area contributed by atoms with Crippen LogP contribution in [-0.4, -0.2) is 61.8 Å². The molecule has 3 heterocycles. The Hall–Kier alpha value is -3.14. The molecule has 2 N–H and O–H groups in total. The molecule has 184 valence electrons. The highest BCUT2D eigenvalue weighted by Gasteiger charge is 2.35. The van der Waals surface area contributed by atoms with Crippen LogP contribution >= 0.6 is 0 Å². The minimum absolute atomic E-state index is 0.162. The van der Waals surface area contributed by atoms with E-state index in [9.17, 15) is 24.3 Å². The number of aryl methyl sites for hydroxylation is 1. The quantitative estimate of drug-likeness (QED) is 0.658. The summed E-state index contributed by atoms with van der Waals surface area (Å²) < 4.78 is 8.49. The summed E-state index contributed by atoms with van der Waals surface area (Å²) >= 11 is 0. The van der Waals surface area contributed by atoms with Crippen LogP contribution in [0, 0.1) is 0 Å². The number of carbonyl (C=O) groups is 3. The lowest BCUT2D eigenvalue weighted by Crippen LogP contribution is -2.47. The van der Waals surface area contributed by atoms with Crippen LogP contribution in [0.15, 0.2) is 23.0 Å². The number of imide groups is 1. The van der Waals surface area contributed by atoms with Gasteiger partial charge in [0, 0.05) is 25.4 Å². The van der Waals surface area contributed by atoms with Crippen molar-refractivity contribution in [1.29, 1.82) is 0 Å². The summed E-state index contributed by atoms with van der Waals surface area (Å²) in [6.07, 6.45) is -0.214. The third-order valence-electron chi connectivity index (χ3n) is 6.49. The lowest BCUT2D eigenvalue weighted by atomic mass is 9.87. The Morgan fingerprint density at radius 3 is 2.53 bits per heavy atom. The van der Waals surface area contributed by atoms with Gasteiger partial charge < -0.3 is 14.7 Å². The van der Waals surface area contributed by atoms with Crippen LogP contribution in [0.4, 0.5) is 4.79 Å². The van der Waals surface area contributed by atoms with E-state index in [-0.39, 0.29) is 36.9 Å². The van der Waals surface area contributed by atoms with Gasteiger partial charge in [0.15, 0.2) is 0 Å². The van der Waals surface area contributed by atoms with Crippen LogP contribution in [0.25, 0.3) is 11.0 Å². The van der Waals surface area contributed by atoms with Crippen molar-refractivity contribution in [2.75, 3.05) is 13.1 Å². The molecule has 1 aromatic carbocycles. The highest BCUT2D eigenvalue weighted by atomic mass is 16.6. The summed E-state index contributed by atoms with van der Waals surface area (Å²) in [6.45, 7) is 8.30. The van der Waals surface area contributed by atoms with Crippen molar-refractivity contribution in [2.24, 2.45) is 0 Å². The van der Waals surface area contributed by atoms with Crippen LogP contribution in [0.2, 0.25) is 0 Å². The molecule has 0 aliphatic carbocycles. The Kier molecular flexibility index (Phi) is 6.28. The van der Waals surface area contributed by atoms with Gasteiger partial charge in [-0.1, -0.05) is 6.07 Å². The van der Waals surface area contributed by atoms with E-state index >= 15 is 0 Å². The SMILES string of the molecule is CCn1c(=O)n(C2CCC(=O)NC2=O)c2ccc([C@@H]3CCN(C(=O)OC(C)(C)C)C[C@H]3O)cc21. The van der Waals surface area contributed by atoms with Gasteiger partial charge in [-0.2, -0.15) is 0 Å². The molecule has 3 atom stereocenters. The largest absolute Gasteiger partial charge is 0.444 e. The molecular formula is C24H32N4O6. The number of imidazole rings is 1. The van der Waals surface area contributed by atoms with Gasteiger partial charge in [0.2, 0.25) is 11.8 Å². The molecule has 3 amide bonds. The zero-order valence-electron chi connectivity index (χ0n) is 20.0. The third kappa shape index (κ3) is 4.46. The molecule has 10 nitrogen and oxygen atoms in total. The maximum absolute atomic E-state index is 13.2. The normalized spacial score (nSPS) is 23.8. The molecule has 2 aliphatic rings. The first-order valence-electron chi connectivity index (χ1n) is 11.7. The molecule has 2 aromatic rings. The minimum Gasteiger partial charge on any atom is -0.444 e. The van der Waals surface area contributed by atoms with E-state index in [4.69, 9.17) is 4.74 Å². The van der Waals surface area contributed by atoms with E-state index < -0.39 is 29.7 Å². The summed E-state index contributed by atoms with van der Waals surface area (Å²) in [4.78, 5) is 51.1. The fourth-order valence-corrected chi connectivity index (χ4v) is 4.88. The summed E-state index contributed by atoms with van der Waals surface area (Å²) in [7, 11) is 0. The van der Waals surface area contributed by atoms with Gasteiger partial charge in [0.25, 0.3) is 0 Å². The molecule has 4 rings (SSSR count). The second-order valence-corrected chi connectivity index (χ2v) is 10.0. The summed E-state index contributed by atoms with van der Waals surface area (Å²) in [5.74, 6) is -1.01. The zero-order chi connectivity index (χ0) is 24.8. The highest BCUT2D eigenvalue weighted by molar-refractivity contribution is 6.00. The smallest absolute Gasteiger partial charge is 0.410 e. The maximum Gasteiger partial charge on any atom is 0.410 e. The number of benzene rings is 1. The Balaban J connectivity index is 1.62. The van der Waals surface area contributed by atoms with Crippen LogP contribution in [-0.2, 0) is 20.9 Å². The van der Waals surface area contributed by atoms with Gasteiger partial charge in [-0.15, -0.1) is 0 Å². The predicted octanol–water partition coefficient (Wildman–Crippen LogP) is 1.89. The van der Waals surface area contributed by atoms with Crippen molar-refractivity contribution < 1.29 is 24.2 Å². The van der Waals surface area contributed by atoms with Gasteiger partial charge in [0.05, 0.1) is 23.7 Å². The molecule has 2 saturated heterocycles. The first-order chi connectivity index (χ1) is 16.0. The van der Waals surface area contributed by atoms with E-state index in [0.717, 1.165) is 5.56 Å². The number of rotatable bonds is 3. The second-order valence-electron chi connectivity index (χ2n) is 10.0. The summed E-state index contributed by atoms with van der Waals surface area (Å²) in [5.41, 5.74) is 1.25. The molecule has 2 fully saturated rings. The number of hydrogen-bond donors (Lipinski definition) is 2. The van der Waals surface area contributed by atoms with Crippen LogP contribution < -0.4 is 11.0 Å². The van der Waals surface area contributed by atoms with E-state index in [1.807, 2.05) is 19.1 Å². The number of fused-ring (bicyclic) bond motifs is 1. The van der Waals surface area contributed by atoms with E-state index in [2.05, 4.69) is 5.32 Å². The number of nitrogens with one attached hydrogen (secondary N) is 1. The van der Waals surface area contributed by atoms with E-state index in [1.165, 1.54) is 9.47 Å². The first-order valence-corrected chi connectivity index (χ1v) is 11.7. The van der Waals surface area contributed by atoms with Gasteiger partial charge in [-0.3, -0.25) is 24.0 Å². The number of aliphatic hydroxyl groups excluding tert-OH is 1. The number of aromatic nitrogens is 2. The van der Waals surface area contributed by atoms with Gasteiger partial charge in [0.1, 0.15) is 11.6 Å². The monoisotopic (exact) mass is 472 g/mol. The fourth-order valence-electron chi connectivity index (χ4n) is 4.88. The second kappa shape index (κ2) is 8.90. The molecule has 0 radical (unpaired) electrons. The summed E-state index contributed by atoms with van der Waals surface area (Å²) in [6, 6.07) is 4.81. The van der Waals surface area contributed by atoms with Crippen molar-refractivity contribution in [1.82, 2.24) is 19.4 Å². The molecule has 0 saturated carbocycles. The molecule has 1 aromatic heterocycles. The van der Waals surface area contributed by atoms with E-state index in [1.54, 1.807) is 31.4 Å². The van der Waals surface area contributed by atoms with Crippen LogP contribution in [0.5, 0.6) is 0 Å². The average Bonchev–Trinajstić information content (AvgIpc) is 3.03. The van der Waals surface area contributed by atoms with Crippen molar-refractivity contribution >= 4 is 28.9 Å². The number of carbonyl (C=O) groups excluding carboxylic acids is 3. The predicted molar refractivity (Wildman–Crippen MR) is 124 cm³/mol. The number of amides is 3. The first kappa shape index (κ1) is 24.0. The Bertz CT molecular complexity index is 1190. The molecule has 1 unspecified atom stereocenters. The number of β-amino-alcohol motifs (C(OH)–C–C–N with tert-alkyl or cyclic N) is 1. The third-order valence-corrected chi connectivity index (χ3v) is 6.49. The van der Waals surface area contributed by atoms with Crippen LogP contribution in [0.1, 0.15) is 64.5 Å². The average molecular weight is 473 g/mol. The number of likely N-dealkylation sites (tertiary alicyclic amines) is 1. The summed E-state index contributed by atoms with van der Waals surface area (Å²) in [5, 5.41) is 13.2. The maximum atomic E-state index is 13.2. The minimum atomic E-state index is -0.780. The molecule has 2 aliphatic heterocycles. The topological polar surface area (TPSA) is 123 Å². The lowest BCUT2D eigenvalue weighted by molar-refractivity contribution is -0.135. The van der Waals surface area contributed by atoms with Gasteiger partial charge in [-0.05, 0) is 58.2 Å². The number of nitrogens with zero attached hydrogens (tertiary/aromatic N) is 3. The molecule has 0 spiro atoms. The zero-order valence-corrected chi connectivity index (χ0v) is 20.0. The Morgan fingerprint density at radius 2 is 1.91 bits per heavy atom. The van der Waals surface area contributed by atoms with E-state index in [0.29, 0.717) is 30.5 Å².